The molecule has 0 saturated heterocycles. The number of carboxylic acid groups (broad SMARTS) is 1. The number of pyridine rings is 1. The Morgan fingerprint density at radius 3 is 2.50 bits per heavy atom. The van der Waals surface area contributed by atoms with Crippen LogP contribution in [0.5, 0.6) is 5.75 Å². The van der Waals surface area contributed by atoms with E-state index in [4.69, 9.17) is 4.74 Å². The molecule has 0 saturated carbocycles. The summed E-state index contributed by atoms with van der Waals surface area (Å²) in [4.78, 5) is 15.5. The summed E-state index contributed by atoms with van der Waals surface area (Å²) in [6, 6.07) is 17.5. The zero-order chi connectivity index (χ0) is 21.3. The van der Waals surface area contributed by atoms with Crippen molar-refractivity contribution in [3.05, 3.63) is 83.7 Å². The lowest BCUT2D eigenvalue weighted by Gasteiger charge is -2.16. The van der Waals surface area contributed by atoms with Crippen LogP contribution in [0.4, 0.5) is 0 Å². The first-order valence-electron chi connectivity index (χ1n) is 10.2. The monoisotopic (exact) mass is 404 g/mol. The van der Waals surface area contributed by atoms with Gasteiger partial charge in [-0.25, -0.2) is 0 Å². The minimum absolute atomic E-state index is 0.427. The van der Waals surface area contributed by atoms with Gasteiger partial charge in [0.15, 0.2) is 0 Å². The number of aromatic nitrogens is 1. The lowest BCUT2D eigenvalue weighted by atomic mass is 9.96. The summed E-state index contributed by atoms with van der Waals surface area (Å²) < 4.78 is 6.00. The van der Waals surface area contributed by atoms with Gasteiger partial charge >= 0.3 is 5.97 Å². The van der Waals surface area contributed by atoms with Crippen molar-refractivity contribution < 1.29 is 14.6 Å². The highest BCUT2D eigenvalue weighted by Gasteiger charge is 2.17. The van der Waals surface area contributed by atoms with Gasteiger partial charge in [-0.2, -0.15) is 0 Å². The highest BCUT2D eigenvalue weighted by Crippen LogP contribution is 2.31. The van der Waals surface area contributed by atoms with Gasteiger partial charge in [0.25, 0.3) is 0 Å². The molecule has 0 bridgehead atoms. The number of ether oxygens (including phenoxy) is 1. The molecule has 0 radical (unpaired) electrons. The molecule has 0 spiro atoms. The number of benzene rings is 2. The maximum Gasteiger partial charge on any atom is 0.321 e. The average Bonchev–Trinajstić information content (AvgIpc) is 2.75. The molecule has 0 fully saturated rings. The first-order chi connectivity index (χ1) is 14.6. The molecule has 0 aliphatic rings. The second-order valence-corrected chi connectivity index (χ2v) is 7.35. The highest BCUT2D eigenvalue weighted by molar-refractivity contribution is 5.74. The predicted octanol–water partition coefficient (Wildman–Crippen LogP) is 4.42. The summed E-state index contributed by atoms with van der Waals surface area (Å²) in [5.74, 6) is 0.0110. The van der Waals surface area contributed by atoms with E-state index >= 15 is 0 Å². The molecule has 5 heteroatoms. The van der Waals surface area contributed by atoms with E-state index in [1.54, 1.807) is 12.4 Å². The minimum atomic E-state index is -0.852. The van der Waals surface area contributed by atoms with Gasteiger partial charge in [-0.15, -0.1) is 0 Å². The molecule has 0 unspecified atom stereocenters. The molecule has 156 valence electrons. The molecule has 0 amide bonds. The van der Waals surface area contributed by atoms with Gasteiger partial charge in [-0.3, -0.25) is 9.78 Å². The Kier molecular flexibility index (Phi) is 7.57. The van der Waals surface area contributed by atoms with Crippen molar-refractivity contribution in [1.82, 2.24) is 10.3 Å². The summed E-state index contributed by atoms with van der Waals surface area (Å²) in [5, 5.41) is 12.6. The molecule has 1 atom stereocenters. The Bertz CT molecular complexity index is 973. The number of hydrogen-bond acceptors (Lipinski definition) is 4. The van der Waals surface area contributed by atoms with Gasteiger partial charge in [-0.1, -0.05) is 36.4 Å². The van der Waals surface area contributed by atoms with Crippen LogP contribution in [0.3, 0.4) is 0 Å². The standard InChI is InChI=1S/C25H28N2O3/c1-18-7-3-4-8-21(18)22-9-5-10-24(19(22)2)30-16-6-13-27-23(25(28)29)17-20-11-14-26-15-12-20/h3-5,7-12,14-15,23,27H,6,13,16-17H2,1-2H3,(H,28,29)/t23-/m0/s1. The zero-order valence-corrected chi connectivity index (χ0v) is 17.5. The maximum atomic E-state index is 11.5. The normalized spacial score (nSPS) is 11.8. The van der Waals surface area contributed by atoms with E-state index in [0.29, 0.717) is 26.0 Å². The zero-order valence-electron chi connectivity index (χ0n) is 17.5. The van der Waals surface area contributed by atoms with Gasteiger partial charge < -0.3 is 15.2 Å². The average molecular weight is 405 g/mol. The minimum Gasteiger partial charge on any atom is -0.493 e. The smallest absolute Gasteiger partial charge is 0.321 e. The lowest BCUT2D eigenvalue weighted by molar-refractivity contribution is -0.139. The van der Waals surface area contributed by atoms with E-state index in [-0.39, 0.29) is 0 Å². The number of aryl methyl sites for hydroxylation is 1. The third-order valence-electron chi connectivity index (χ3n) is 5.18. The topological polar surface area (TPSA) is 71.5 Å². The Labute approximate surface area is 177 Å². The van der Waals surface area contributed by atoms with Crippen molar-refractivity contribution in [3.63, 3.8) is 0 Å². The van der Waals surface area contributed by atoms with E-state index in [9.17, 15) is 9.90 Å². The van der Waals surface area contributed by atoms with Crippen molar-refractivity contribution in [3.8, 4) is 16.9 Å². The number of carbonyl (C=O) groups is 1. The van der Waals surface area contributed by atoms with Crippen LogP contribution in [-0.4, -0.2) is 35.3 Å². The molecular formula is C25H28N2O3. The molecule has 0 aliphatic carbocycles. The van der Waals surface area contributed by atoms with Crippen LogP contribution in [0.1, 0.15) is 23.1 Å². The molecule has 30 heavy (non-hydrogen) atoms. The van der Waals surface area contributed by atoms with Gasteiger partial charge in [0.2, 0.25) is 0 Å². The maximum absolute atomic E-state index is 11.5. The van der Waals surface area contributed by atoms with Crippen LogP contribution in [0.25, 0.3) is 11.1 Å². The number of nitrogens with one attached hydrogen (secondary N) is 1. The molecule has 2 aromatic carbocycles. The van der Waals surface area contributed by atoms with Crippen molar-refractivity contribution >= 4 is 5.97 Å². The highest BCUT2D eigenvalue weighted by atomic mass is 16.5. The SMILES string of the molecule is Cc1ccccc1-c1cccc(OCCCN[C@@H](Cc2ccncc2)C(=O)O)c1C. The second-order valence-electron chi connectivity index (χ2n) is 7.35. The van der Waals surface area contributed by atoms with Crippen LogP contribution >= 0.6 is 0 Å². The first-order valence-corrected chi connectivity index (χ1v) is 10.2. The van der Waals surface area contributed by atoms with Gasteiger partial charge in [-0.05, 0) is 79.3 Å². The number of aliphatic carboxylic acids is 1. The Hall–Kier alpha value is -3.18. The van der Waals surface area contributed by atoms with Crippen LogP contribution in [0, 0.1) is 13.8 Å². The third kappa shape index (κ3) is 5.67. The van der Waals surface area contributed by atoms with Crippen LogP contribution in [-0.2, 0) is 11.2 Å². The van der Waals surface area contributed by atoms with Crippen molar-refractivity contribution in [1.29, 1.82) is 0 Å². The number of nitrogens with zero attached hydrogens (tertiary/aromatic N) is 1. The van der Waals surface area contributed by atoms with Crippen molar-refractivity contribution in [2.45, 2.75) is 32.7 Å². The molecule has 2 N–H and O–H groups in total. The molecular weight excluding hydrogens is 376 g/mol. The number of carboxylic acids is 1. The molecule has 3 aromatic rings. The summed E-state index contributed by atoms with van der Waals surface area (Å²) in [6.07, 6.45) is 4.50. The predicted molar refractivity (Wildman–Crippen MR) is 119 cm³/mol. The van der Waals surface area contributed by atoms with Crippen LogP contribution < -0.4 is 10.1 Å². The van der Waals surface area contributed by atoms with E-state index in [1.165, 1.54) is 16.7 Å². The second kappa shape index (κ2) is 10.6. The number of hydrogen-bond donors (Lipinski definition) is 2. The number of rotatable bonds is 10. The lowest BCUT2D eigenvalue weighted by Crippen LogP contribution is -2.39. The summed E-state index contributed by atoms with van der Waals surface area (Å²) in [5.41, 5.74) is 5.68. The molecule has 1 aromatic heterocycles. The fourth-order valence-electron chi connectivity index (χ4n) is 3.47. The summed E-state index contributed by atoms with van der Waals surface area (Å²) in [6.45, 7) is 5.27. The van der Waals surface area contributed by atoms with E-state index in [1.807, 2.05) is 36.4 Å². The van der Waals surface area contributed by atoms with Crippen LogP contribution in [0.15, 0.2) is 67.0 Å². The quantitative estimate of drug-likeness (QED) is 0.490. The van der Waals surface area contributed by atoms with Gasteiger partial charge in [0.05, 0.1) is 6.61 Å². The largest absolute Gasteiger partial charge is 0.493 e. The molecule has 1 heterocycles. The molecule has 5 nitrogen and oxygen atoms in total. The molecule has 3 rings (SSSR count). The molecule has 0 aliphatic heterocycles. The van der Waals surface area contributed by atoms with E-state index < -0.39 is 12.0 Å². The van der Waals surface area contributed by atoms with E-state index in [2.05, 4.69) is 42.3 Å². The fraction of sp³-hybridized carbons (Fsp3) is 0.280. The first kappa shape index (κ1) is 21.5. The van der Waals surface area contributed by atoms with Crippen molar-refractivity contribution in [2.75, 3.05) is 13.2 Å². The van der Waals surface area contributed by atoms with Gasteiger partial charge in [0.1, 0.15) is 11.8 Å². The fourth-order valence-corrected chi connectivity index (χ4v) is 3.47. The van der Waals surface area contributed by atoms with Gasteiger partial charge in [0, 0.05) is 12.4 Å². The summed E-state index contributed by atoms with van der Waals surface area (Å²) in [7, 11) is 0. The Morgan fingerprint density at radius 1 is 1.03 bits per heavy atom. The summed E-state index contributed by atoms with van der Waals surface area (Å²) >= 11 is 0. The van der Waals surface area contributed by atoms with Crippen molar-refractivity contribution in [2.24, 2.45) is 0 Å². The Balaban J connectivity index is 1.52. The van der Waals surface area contributed by atoms with E-state index in [0.717, 1.165) is 16.9 Å². The Morgan fingerprint density at radius 2 is 1.77 bits per heavy atom. The van der Waals surface area contributed by atoms with Crippen LogP contribution in [0.2, 0.25) is 0 Å². The third-order valence-corrected chi connectivity index (χ3v) is 5.18.